The van der Waals surface area contributed by atoms with E-state index in [-0.39, 0.29) is 5.56 Å². The first-order chi connectivity index (χ1) is 11.3. The standard InChI is InChI=1S/C16H17N5OS/c22-14-6-8-17-16-21(14)19-15(23-16)18-13-7-9-20(11-13)10-12-4-2-1-3-5-12/h1-6,8,13H,7,9-11H2,(H,18,19). The Hall–Kier alpha value is -2.25. The summed E-state index contributed by atoms with van der Waals surface area (Å²) in [6.45, 7) is 3.02. The van der Waals surface area contributed by atoms with Crippen LogP contribution in [0.15, 0.2) is 47.4 Å². The minimum atomic E-state index is -0.142. The highest BCUT2D eigenvalue weighted by Crippen LogP contribution is 2.21. The van der Waals surface area contributed by atoms with E-state index in [9.17, 15) is 4.79 Å². The maximum absolute atomic E-state index is 11.7. The van der Waals surface area contributed by atoms with Crippen molar-refractivity contribution in [1.29, 1.82) is 0 Å². The summed E-state index contributed by atoms with van der Waals surface area (Å²) in [6, 6.07) is 12.3. The van der Waals surface area contributed by atoms with Crippen molar-refractivity contribution in [1.82, 2.24) is 19.5 Å². The zero-order chi connectivity index (χ0) is 15.6. The van der Waals surface area contributed by atoms with Crippen LogP contribution in [0.25, 0.3) is 4.96 Å². The van der Waals surface area contributed by atoms with Crippen molar-refractivity contribution in [2.75, 3.05) is 18.4 Å². The number of benzene rings is 1. The third-order valence-electron chi connectivity index (χ3n) is 4.02. The summed E-state index contributed by atoms with van der Waals surface area (Å²) < 4.78 is 1.35. The smallest absolute Gasteiger partial charge is 0.275 e. The third kappa shape index (κ3) is 3.11. The summed E-state index contributed by atoms with van der Waals surface area (Å²) in [5.74, 6) is 0. The number of rotatable bonds is 4. The number of hydrogen-bond acceptors (Lipinski definition) is 6. The van der Waals surface area contributed by atoms with Gasteiger partial charge in [0.15, 0.2) is 0 Å². The van der Waals surface area contributed by atoms with E-state index in [1.54, 1.807) is 0 Å². The van der Waals surface area contributed by atoms with E-state index in [0.717, 1.165) is 31.2 Å². The van der Waals surface area contributed by atoms with E-state index >= 15 is 0 Å². The molecule has 3 aromatic rings. The van der Waals surface area contributed by atoms with Crippen LogP contribution < -0.4 is 10.9 Å². The van der Waals surface area contributed by atoms with E-state index in [4.69, 9.17) is 0 Å². The molecule has 1 unspecified atom stereocenters. The second kappa shape index (κ2) is 6.10. The maximum atomic E-state index is 11.7. The topological polar surface area (TPSA) is 62.5 Å². The lowest BCUT2D eigenvalue weighted by molar-refractivity contribution is 0.328. The minimum absolute atomic E-state index is 0.142. The molecule has 0 aliphatic carbocycles. The number of fused-ring (bicyclic) bond motifs is 1. The van der Waals surface area contributed by atoms with Gasteiger partial charge in [-0.15, -0.1) is 5.10 Å². The van der Waals surface area contributed by atoms with Crippen molar-refractivity contribution < 1.29 is 0 Å². The van der Waals surface area contributed by atoms with Crippen LogP contribution >= 0.6 is 11.3 Å². The Kier molecular flexibility index (Phi) is 3.80. The van der Waals surface area contributed by atoms with Crippen molar-refractivity contribution in [2.45, 2.75) is 19.0 Å². The van der Waals surface area contributed by atoms with E-state index < -0.39 is 0 Å². The molecular formula is C16H17N5OS. The van der Waals surface area contributed by atoms with Crippen LogP contribution in [0.4, 0.5) is 5.13 Å². The van der Waals surface area contributed by atoms with Gasteiger partial charge >= 0.3 is 0 Å². The van der Waals surface area contributed by atoms with Gasteiger partial charge in [-0.3, -0.25) is 9.69 Å². The van der Waals surface area contributed by atoms with Crippen LogP contribution in [0.3, 0.4) is 0 Å². The van der Waals surface area contributed by atoms with Gasteiger partial charge in [0.25, 0.3) is 5.56 Å². The minimum Gasteiger partial charge on any atom is -0.356 e. The molecule has 0 radical (unpaired) electrons. The Morgan fingerprint density at radius 3 is 2.96 bits per heavy atom. The Bertz CT molecular complexity index is 860. The number of hydrogen-bond donors (Lipinski definition) is 1. The number of nitrogens with zero attached hydrogens (tertiary/aromatic N) is 4. The molecule has 3 heterocycles. The maximum Gasteiger partial charge on any atom is 0.275 e. The number of likely N-dealkylation sites (tertiary alicyclic amines) is 1. The highest BCUT2D eigenvalue weighted by molar-refractivity contribution is 7.20. The Morgan fingerprint density at radius 2 is 2.13 bits per heavy atom. The Balaban J connectivity index is 1.41. The molecule has 0 amide bonds. The first-order valence-corrected chi connectivity index (χ1v) is 8.47. The van der Waals surface area contributed by atoms with Gasteiger partial charge < -0.3 is 5.32 Å². The van der Waals surface area contributed by atoms with Gasteiger partial charge in [-0.1, -0.05) is 41.7 Å². The molecule has 1 aromatic carbocycles. The normalized spacial score (nSPS) is 18.5. The van der Waals surface area contributed by atoms with Gasteiger partial charge in [-0.2, -0.15) is 4.52 Å². The number of aromatic nitrogens is 3. The van der Waals surface area contributed by atoms with E-state index in [2.05, 4.69) is 44.6 Å². The van der Waals surface area contributed by atoms with Crippen LogP contribution in [0.2, 0.25) is 0 Å². The van der Waals surface area contributed by atoms with Crippen LogP contribution in [-0.2, 0) is 6.54 Å². The van der Waals surface area contributed by atoms with Crippen LogP contribution in [-0.4, -0.2) is 38.6 Å². The van der Waals surface area contributed by atoms with Crippen molar-refractivity contribution in [2.24, 2.45) is 0 Å². The summed E-state index contributed by atoms with van der Waals surface area (Å²) >= 11 is 1.41. The molecule has 1 saturated heterocycles. The predicted octanol–water partition coefficient (Wildman–Crippen LogP) is 1.84. The zero-order valence-electron chi connectivity index (χ0n) is 12.6. The Labute approximate surface area is 137 Å². The van der Waals surface area contributed by atoms with Gasteiger partial charge in [0.05, 0.1) is 0 Å². The molecule has 23 heavy (non-hydrogen) atoms. The molecule has 4 rings (SSSR count). The Morgan fingerprint density at radius 1 is 1.26 bits per heavy atom. The van der Waals surface area contributed by atoms with Crippen molar-refractivity contribution in [3.05, 3.63) is 58.5 Å². The fraction of sp³-hybridized carbons (Fsp3) is 0.312. The zero-order valence-corrected chi connectivity index (χ0v) is 13.4. The largest absolute Gasteiger partial charge is 0.356 e. The third-order valence-corrected chi connectivity index (χ3v) is 4.87. The molecule has 1 aliphatic rings. The van der Waals surface area contributed by atoms with Crippen LogP contribution in [0, 0.1) is 0 Å². The quantitative estimate of drug-likeness (QED) is 0.792. The van der Waals surface area contributed by atoms with Crippen molar-refractivity contribution >= 4 is 21.4 Å². The van der Waals surface area contributed by atoms with E-state index in [0.29, 0.717) is 11.0 Å². The summed E-state index contributed by atoms with van der Waals surface area (Å²) in [6.07, 6.45) is 2.60. The fourth-order valence-corrected chi connectivity index (χ4v) is 3.76. The predicted molar refractivity (Wildman–Crippen MR) is 90.9 cm³/mol. The molecule has 1 atom stereocenters. The lowest BCUT2D eigenvalue weighted by atomic mass is 10.2. The molecule has 1 fully saturated rings. The first-order valence-electron chi connectivity index (χ1n) is 7.66. The number of nitrogens with one attached hydrogen (secondary N) is 1. The summed E-state index contributed by atoms with van der Waals surface area (Å²) in [4.78, 5) is 19.0. The molecule has 1 N–H and O–H groups in total. The van der Waals surface area contributed by atoms with E-state index in [1.165, 1.54) is 33.7 Å². The lowest BCUT2D eigenvalue weighted by Crippen LogP contribution is -2.26. The average Bonchev–Trinajstić information content (AvgIpc) is 3.16. The van der Waals surface area contributed by atoms with Gasteiger partial charge in [0.1, 0.15) is 0 Å². The second-order valence-electron chi connectivity index (χ2n) is 5.74. The van der Waals surface area contributed by atoms with Gasteiger partial charge in [-0.25, -0.2) is 4.98 Å². The molecule has 118 valence electrons. The van der Waals surface area contributed by atoms with Gasteiger partial charge in [-0.05, 0) is 12.0 Å². The number of anilines is 1. The molecule has 2 aromatic heterocycles. The highest BCUT2D eigenvalue weighted by Gasteiger charge is 2.23. The first kappa shape index (κ1) is 14.3. The summed E-state index contributed by atoms with van der Waals surface area (Å²) in [5.41, 5.74) is 1.19. The van der Waals surface area contributed by atoms with Crippen LogP contribution in [0.5, 0.6) is 0 Å². The van der Waals surface area contributed by atoms with Crippen molar-refractivity contribution in [3.8, 4) is 0 Å². The SMILES string of the molecule is O=c1ccnc2sc(NC3CCN(Cc4ccccc4)C3)nn12. The highest BCUT2D eigenvalue weighted by atomic mass is 32.1. The monoisotopic (exact) mass is 327 g/mol. The van der Waals surface area contributed by atoms with Gasteiger partial charge in [0.2, 0.25) is 10.1 Å². The fourth-order valence-electron chi connectivity index (χ4n) is 2.91. The van der Waals surface area contributed by atoms with E-state index in [1.807, 2.05) is 6.07 Å². The molecule has 6 nitrogen and oxygen atoms in total. The molecule has 1 aliphatic heterocycles. The molecule has 0 spiro atoms. The van der Waals surface area contributed by atoms with Crippen LogP contribution in [0.1, 0.15) is 12.0 Å². The van der Waals surface area contributed by atoms with Gasteiger partial charge in [0, 0.05) is 37.9 Å². The molecule has 0 bridgehead atoms. The average molecular weight is 327 g/mol. The summed E-state index contributed by atoms with van der Waals surface area (Å²) in [5, 5.41) is 8.51. The molecular weight excluding hydrogens is 310 g/mol. The second-order valence-corrected chi connectivity index (χ2v) is 6.69. The van der Waals surface area contributed by atoms with Crippen molar-refractivity contribution in [3.63, 3.8) is 0 Å². The molecule has 0 saturated carbocycles. The lowest BCUT2D eigenvalue weighted by Gasteiger charge is -2.16. The summed E-state index contributed by atoms with van der Waals surface area (Å²) in [7, 11) is 0. The molecule has 7 heteroatoms.